The van der Waals surface area contributed by atoms with Gasteiger partial charge in [0.05, 0.1) is 18.2 Å². The molecule has 1 aromatic heterocycles. The number of nitrogens with zero attached hydrogens (tertiary/aromatic N) is 3. The summed E-state index contributed by atoms with van der Waals surface area (Å²) in [5, 5.41) is 4.55. The van der Waals surface area contributed by atoms with Crippen molar-refractivity contribution in [3.63, 3.8) is 0 Å². The van der Waals surface area contributed by atoms with Gasteiger partial charge in [-0.15, -0.1) is 0 Å². The Hall–Kier alpha value is -2.10. The summed E-state index contributed by atoms with van der Waals surface area (Å²) in [5.74, 6) is 0.253. The Kier molecular flexibility index (Phi) is 4.14. The van der Waals surface area contributed by atoms with Crippen molar-refractivity contribution in [2.75, 3.05) is 6.54 Å². The van der Waals surface area contributed by atoms with Crippen LogP contribution < -0.4 is 0 Å². The second-order valence-corrected chi connectivity index (χ2v) is 7.59. The molecule has 1 fully saturated rings. The van der Waals surface area contributed by atoms with E-state index >= 15 is 0 Å². The van der Waals surface area contributed by atoms with E-state index in [1.165, 1.54) is 35.2 Å². The molecule has 1 aliphatic heterocycles. The summed E-state index contributed by atoms with van der Waals surface area (Å²) in [4.78, 5) is 15.1. The maximum Gasteiger partial charge on any atom is 0.227 e. The third-order valence-electron chi connectivity index (χ3n) is 5.99. The summed E-state index contributed by atoms with van der Waals surface area (Å²) >= 11 is 0. The van der Waals surface area contributed by atoms with Gasteiger partial charge in [0.1, 0.15) is 0 Å². The van der Waals surface area contributed by atoms with Crippen LogP contribution in [0.15, 0.2) is 18.2 Å². The van der Waals surface area contributed by atoms with Crippen molar-refractivity contribution in [1.82, 2.24) is 14.7 Å². The van der Waals surface area contributed by atoms with E-state index in [2.05, 4.69) is 42.0 Å². The van der Waals surface area contributed by atoms with E-state index in [4.69, 9.17) is 0 Å². The van der Waals surface area contributed by atoms with E-state index in [-0.39, 0.29) is 11.9 Å². The molecule has 0 saturated carbocycles. The van der Waals surface area contributed by atoms with Crippen molar-refractivity contribution in [3.8, 4) is 0 Å². The van der Waals surface area contributed by atoms with Gasteiger partial charge in [0.2, 0.25) is 5.91 Å². The zero-order chi connectivity index (χ0) is 17.6. The molecule has 2 heterocycles. The first-order chi connectivity index (χ1) is 12.0. The summed E-state index contributed by atoms with van der Waals surface area (Å²) in [6, 6.07) is 6.82. The molecule has 25 heavy (non-hydrogen) atoms. The monoisotopic (exact) mass is 337 g/mol. The fourth-order valence-electron chi connectivity index (χ4n) is 4.65. The number of benzene rings is 1. The minimum Gasteiger partial charge on any atom is -0.335 e. The van der Waals surface area contributed by atoms with Crippen molar-refractivity contribution in [1.29, 1.82) is 0 Å². The number of carbonyl (C=O) groups excluding carboxylic acids is 1. The summed E-state index contributed by atoms with van der Waals surface area (Å²) in [6.07, 6.45) is 6.25. The van der Waals surface area contributed by atoms with Gasteiger partial charge in [0, 0.05) is 24.8 Å². The first kappa shape index (κ1) is 16.4. The highest BCUT2D eigenvalue weighted by Crippen LogP contribution is 2.36. The second-order valence-electron chi connectivity index (χ2n) is 7.59. The van der Waals surface area contributed by atoms with Gasteiger partial charge in [0.15, 0.2) is 0 Å². The molecule has 4 nitrogen and oxygen atoms in total. The Labute approximate surface area is 149 Å². The van der Waals surface area contributed by atoms with Crippen LogP contribution in [0, 0.1) is 13.8 Å². The van der Waals surface area contributed by atoms with Crippen molar-refractivity contribution >= 4 is 5.91 Å². The summed E-state index contributed by atoms with van der Waals surface area (Å²) in [5.41, 5.74) is 7.57. The molecular formula is C21H27N3O. The summed E-state index contributed by atoms with van der Waals surface area (Å²) in [7, 11) is 1.98. The van der Waals surface area contributed by atoms with Gasteiger partial charge in [-0.2, -0.15) is 5.10 Å². The molecule has 0 radical (unpaired) electrons. The van der Waals surface area contributed by atoms with Crippen molar-refractivity contribution in [2.24, 2.45) is 7.05 Å². The largest absolute Gasteiger partial charge is 0.335 e. The lowest BCUT2D eigenvalue weighted by Gasteiger charge is -2.25. The number of rotatable bonds is 3. The number of hydrogen-bond acceptors (Lipinski definition) is 2. The SMILES string of the molecule is Cc1nn(C)c(C)c1[C@H]1CCCN1C(=O)Cc1ccc2c(c1)CCC2. The lowest BCUT2D eigenvalue weighted by Crippen LogP contribution is -2.32. The quantitative estimate of drug-likeness (QED) is 0.860. The standard InChI is InChI=1S/C21H27N3O/c1-14-21(15(2)23(3)22-14)19-8-5-11-24(19)20(25)13-16-9-10-17-6-4-7-18(17)12-16/h9-10,12,19H,4-8,11,13H2,1-3H3/t19-/m1/s1. The molecule has 2 aromatic rings. The normalized spacial score (nSPS) is 19.5. The summed E-state index contributed by atoms with van der Waals surface area (Å²) < 4.78 is 1.94. The van der Waals surface area contributed by atoms with Crippen molar-refractivity contribution in [3.05, 3.63) is 51.8 Å². The van der Waals surface area contributed by atoms with Gasteiger partial charge < -0.3 is 4.90 Å². The van der Waals surface area contributed by atoms with Gasteiger partial charge in [0.25, 0.3) is 0 Å². The predicted octanol–water partition coefficient (Wildman–Crippen LogP) is 3.43. The molecule has 132 valence electrons. The van der Waals surface area contributed by atoms with E-state index in [1.54, 1.807) is 0 Å². The second kappa shape index (κ2) is 6.32. The van der Waals surface area contributed by atoms with Crippen LogP contribution in [0.2, 0.25) is 0 Å². The molecule has 0 bridgehead atoms. The molecule has 1 amide bonds. The average molecular weight is 337 g/mol. The van der Waals surface area contributed by atoms with Crippen LogP contribution in [0.1, 0.15) is 58.9 Å². The van der Waals surface area contributed by atoms with Crippen LogP contribution in [0.4, 0.5) is 0 Å². The molecule has 4 heteroatoms. The zero-order valence-electron chi connectivity index (χ0n) is 15.5. The lowest BCUT2D eigenvalue weighted by molar-refractivity contribution is -0.131. The number of fused-ring (bicyclic) bond motifs is 1. The van der Waals surface area contributed by atoms with Gasteiger partial charge in [-0.3, -0.25) is 9.48 Å². The van der Waals surface area contributed by atoms with Crippen LogP contribution in [-0.4, -0.2) is 27.1 Å². The van der Waals surface area contributed by atoms with Gasteiger partial charge >= 0.3 is 0 Å². The smallest absolute Gasteiger partial charge is 0.227 e. The van der Waals surface area contributed by atoms with Gasteiger partial charge in [-0.25, -0.2) is 0 Å². The van der Waals surface area contributed by atoms with E-state index < -0.39 is 0 Å². The van der Waals surface area contributed by atoms with Gasteiger partial charge in [-0.1, -0.05) is 18.2 Å². The average Bonchev–Trinajstić information content (AvgIpc) is 3.27. The molecule has 1 aliphatic carbocycles. The Morgan fingerprint density at radius 3 is 2.76 bits per heavy atom. The fraction of sp³-hybridized carbons (Fsp3) is 0.524. The van der Waals surface area contributed by atoms with Crippen LogP contribution in [-0.2, 0) is 31.1 Å². The maximum atomic E-state index is 13.0. The molecule has 4 rings (SSSR count). The molecule has 0 spiro atoms. The van der Waals surface area contributed by atoms with E-state index in [9.17, 15) is 4.79 Å². The third kappa shape index (κ3) is 2.88. The highest BCUT2D eigenvalue weighted by molar-refractivity contribution is 5.79. The Morgan fingerprint density at radius 1 is 1.20 bits per heavy atom. The number of carbonyl (C=O) groups is 1. The topological polar surface area (TPSA) is 38.1 Å². The first-order valence-corrected chi connectivity index (χ1v) is 9.45. The number of aryl methyl sites for hydroxylation is 4. The Morgan fingerprint density at radius 2 is 2.00 bits per heavy atom. The van der Waals surface area contributed by atoms with E-state index in [0.717, 1.165) is 37.1 Å². The molecule has 1 aromatic carbocycles. The molecule has 1 saturated heterocycles. The molecule has 2 aliphatic rings. The van der Waals surface area contributed by atoms with E-state index in [0.29, 0.717) is 6.42 Å². The van der Waals surface area contributed by atoms with Gasteiger partial charge in [-0.05, 0) is 62.6 Å². The highest BCUT2D eigenvalue weighted by atomic mass is 16.2. The van der Waals surface area contributed by atoms with Crippen LogP contribution in [0.5, 0.6) is 0 Å². The Balaban J connectivity index is 1.55. The number of likely N-dealkylation sites (tertiary alicyclic amines) is 1. The third-order valence-corrected chi connectivity index (χ3v) is 5.99. The number of aromatic nitrogens is 2. The van der Waals surface area contributed by atoms with E-state index in [1.807, 2.05) is 11.7 Å². The first-order valence-electron chi connectivity index (χ1n) is 9.45. The zero-order valence-corrected chi connectivity index (χ0v) is 15.5. The lowest BCUT2D eigenvalue weighted by atomic mass is 10.0. The van der Waals surface area contributed by atoms with Crippen LogP contribution in [0.3, 0.4) is 0 Å². The molecule has 1 atom stereocenters. The number of hydrogen-bond donors (Lipinski definition) is 0. The maximum absolute atomic E-state index is 13.0. The van der Waals surface area contributed by atoms with Crippen molar-refractivity contribution in [2.45, 2.75) is 58.4 Å². The fourth-order valence-corrected chi connectivity index (χ4v) is 4.65. The molecular weight excluding hydrogens is 310 g/mol. The van der Waals surface area contributed by atoms with Crippen molar-refractivity contribution < 1.29 is 4.79 Å². The molecule has 0 unspecified atom stereocenters. The minimum atomic E-state index is 0.190. The minimum absolute atomic E-state index is 0.190. The Bertz CT molecular complexity index is 821. The highest BCUT2D eigenvalue weighted by Gasteiger charge is 2.33. The summed E-state index contributed by atoms with van der Waals surface area (Å²) in [6.45, 7) is 5.03. The number of amides is 1. The van der Waals surface area contributed by atoms with Crippen LogP contribution in [0.25, 0.3) is 0 Å². The molecule has 0 N–H and O–H groups in total. The predicted molar refractivity (Wildman–Crippen MR) is 98.5 cm³/mol. The van der Waals surface area contributed by atoms with Crippen LogP contribution >= 0.6 is 0 Å².